The van der Waals surface area contributed by atoms with E-state index in [2.05, 4.69) is 39.2 Å². The maximum Gasteiger partial charge on any atom is 0.327 e. The van der Waals surface area contributed by atoms with Crippen molar-refractivity contribution in [3.05, 3.63) is 68.3 Å². The number of likely N-dealkylation sites (N-methyl/N-ethyl adjacent to an activating group) is 1. The number of benzene rings is 3. The number of thioether (sulfide) groups is 1. The van der Waals surface area contributed by atoms with Crippen molar-refractivity contribution < 1.29 is 43.1 Å². The zero-order valence-corrected chi connectivity index (χ0v) is 34.8. The van der Waals surface area contributed by atoms with E-state index < -0.39 is 24.0 Å². The van der Waals surface area contributed by atoms with E-state index in [4.69, 9.17) is 28.4 Å². The Morgan fingerprint density at radius 2 is 1.80 bits per heavy atom. The van der Waals surface area contributed by atoms with Gasteiger partial charge in [-0.1, -0.05) is 12.1 Å². The van der Waals surface area contributed by atoms with E-state index in [1.54, 1.807) is 26.0 Å². The minimum Gasteiger partial charge on any atom is -0.504 e. The van der Waals surface area contributed by atoms with Gasteiger partial charge in [0, 0.05) is 59.6 Å². The lowest BCUT2D eigenvalue weighted by Gasteiger charge is -2.44. The molecule has 56 heavy (non-hydrogen) atoms. The Kier molecular flexibility index (Phi) is 13.3. The summed E-state index contributed by atoms with van der Waals surface area (Å²) in [5, 5.41) is 21.9. The van der Waals surface area contributed by atoms with Gasteiger partial charge in [-0.05, 0) is 95.2 Å². The molecule has 0 fully saturated rings. The second-order valence-corrected chi connectivity index (χ2v) is 15.5. The van der Waals surface area contributed by atoms with Crippen LogP contribution in [0.5, 0.6) is 34.5 Å². The highest BCUT2D eigenvalue weighted by Gasteiger charge is 2.42. The highest BCUT2D eigenvalue weighted by molar-refractivity contribution is 7.98. The number of hydrogen-bond acceptors (Lipinski definition) is 14. The summed E-state index contributed by atoms with van der Waals surface area (Å²) in [6.07, 6.45) is 4.27. The molecule has 4 N–H and O–H groups in total. The Morgan fingerprint density at radius 1 is 1.04 bits per heavy atom. The number of hydrogen-bond donors (Lipinski definition) is 4. The number of nitrogens with one attached hydrogen (secondary N) is 3. The molecular weight excluding hydrogens is 737 g/mol. The number of nitrogens with zero attached hydrogens (tertiary/aromatic N) is 1. The van der Waals surface area contributed by atoms with Crippen LogP contribution in [0, 0.1) is 20.8 Å². The molecule has 0 radical (unpaired) electrons. The molecule has 0 aromatic heterocycles. The van der Waals surface area contributed by atoms with Crippen LogP contribution in [-0.4, -0.2) is 94.8 Å². The SMILES string of the molecule is CNCc1cc2c(cc1OC)C(C(=O)OCC(c1c(C)c(OC(C)=O)c(C)c3c1OCO3)N1CCCc3cc(C)c(OC)c(O)c3[C@@H](NC)C1CSC)NCC2. The first-order chi connectivity index (χ1) is 27.0. The molecule has 0 bridgehead atoms. The van der Waals surface area contributed by atoms with Crippen LogP contribution in [0.1, 0.15) is 81.5 Å². The zero-order chi connectivity index (χ0) is 40.3. The molecular formula is C42H56N4O9S. The van der Waals surface area contributed by atoms with E-state index in [0.29, 0.717) is 71.7 Å². The Balaban J connectivity index is 1.48. The predicted octanol–water partition coefficient (Wildman–Crippen LogP) is 5.12. The number of carbonyl (C=O) groups is 2. The van der Waals surface area contributed by atoms with Gasteiger partial charge < -0.3 is 49.5 Å². The van der Waals surface area contributed by atoms with E-state index in [1.165, 1.54) is 6.92 Å². The van der Waals surface area contributed by atoms with Gasteiger partial charge in [-0.2, -0.15) is 11.8 Å². The second kappa shape index (κ2) is 17.9. The lowest BCUT2D eigenvalue weighted by Crippen LogP contribution is -2.50. The van der Waals surface area contributed by atoms with Gasteiger partial charge in [0.25, 0.3) is 0 Å². The Hall–Kier alpha value is -4.21. The fourth-order valence-electron chi connectivity index (χ4n) is 8.85. The topological polar surface area (TPSA) is 149 Å². The molecule has 0 saturated heterocycles. The normalized spacial score (nSPS) is 19.6. The first kappa shape index (κ1) is 41.4. The average molecular weight is 793 g/mol. The standard InChI is InChI=1S/C42H56N4O9S/c1-22-15-27-11-10-14-46(31(20-56-9)36(44-6)34(27)37(48)38(22)51-8)30(33-23(2)39(55-25(4)47)24(3)40-41(33)54-21-53-40)19-52-42(49)35-29-17-32(50-7)28(18-43-5)16-26(29)12-13-45-35/h15-17,30-31,35-36,43-45,48H,10-14,18-21H2,1-9H3/t30?,31?,35?,36-/m0/s1. The van der Waals surface area contributed by atoms with Crippen LogP contribution in [0.25, 0.3) is 0 Å². The molecule has 3 unspecified atom stereocenters. The number of rotatable bonds is 13. The molecule has 13 nitrogen and oxygen atoms in total. The van der Waals surface area contributed by atoms with Crippen molar-refractivity contribution in [2.45, 2.75) is 77.7 Å². The largest absolute Gasteiger partial charge is 0.504 e. The monoisotopic (exact) mass is 792 g/mol. The third-order valence-corrected chi connectivity index (χ3v) is 11.9. The van der Waals surface area contributed by atoms with Gasteiger partial charge in [-0.15, -0.1) is 0 Å². The predicted molar refractivity (Wildman–Crippen MR) is 216 cm³/mol. The zero-order valence-electron chi connectivity index (χ0n) is 34.0. The Morgan fingerprint density at radius 3 is 2.48 bits per heavy atom. The number of phenolic OH excluding ortho intramolecular Hbond substituents is 1. The van der Waals surface area contributed by atoms with Crippen LogP contribution < -0.4 is 39.6 Å². The summed E-state index contributed by atoms with van der Waals surface area (Å²) in [5.74, 6) is 2.47. The van der Waals surface area contributed by atoms with E-state index in [9.17, 15) is 14.7 Å². The summed E-state index contributed by atoms with van der Waals surface area (Å²) in [7, 11) is 7.00. The average Bonchev–Trinajstić information content (AvgIpc) is 3.66. The molecule has 0 amide bonds. The molecule has 0 saturated carbocycles. The Bertz CT molecular complexity index is 1960. The number of esters is 2. The first-order valence-corrected chi connectivity index (χ1v) is 20.5. The van der Waals surface area contributed by atoms with Gasteiger partial charge in [-0.25, -0.2) is 4.79 Å². The number of phenols is 1. The summed E-state index contributed by atoms with van der Waals surface area (Å²) in [6.45, 7) is 8.89. The van der Waals surface area contributed by atoms with E-state index >= 15 is 0 Å². The maximum absolute atomic E-state index is 14.4. The van der Waals surface area contributed by atoms with Crippen molar-refractivity contribution in [3.63, 3.8) is 0 Å². The quantitative estimate of drug-likeness (QED) is 0.134. The van der Waals surface area contributed by atoms with Gasteiger partial charge >= 0.3 is 11.9 Å². The smallest absolute Gasteiger partial charge is 0.327 e. The fraction of sp³-hybridized carbons (Fsp3) is 0.524. The van der Waals surface area contributed by atoms with E-state index in [0.717, 1.165) is 51.8 Å². The number of fused-ring (bicyclic) bond motifs is 3. The van der Waals surface area contributed by atoms with Crippen molar-refractivity contribution in [3.8, 4) is 34.5 Å². The third-order valence-electron chi connectivity index (χ3n) is 11.2. The van der Waals surface area contributed by atoms with Crippen LogP contribution in [0.2, 0.25) is 0 Å². The van der Waals surface area contributed by atoms with Gasteiger partial charge in [-0.3, -0.25) is 9.69 Å². The number of methoxy groups -OCH3 is 2. The van der Waals surface area contributed by atoms with Gasteiger partial charge in [0.05, 0.1) is 26.3 Å². The van der Waals surface area contributed by atoms with E-state index in [-0.39, 0.29) is 31.2 Å². The maximum atomic E-state index is 14.4. The molecule has 0 aliphatic carbocycles. The van der Waals surface area contributed by atoms with Crippen molar-refractivity contribution in [2.75, 3.05) is 66.8 Å². The molecule has 3 aliphatic heterocycles. The number of aromatic hydroxyl groups is 1. The van der Waals surface area contributed by atoms with Crippen LogP contribution in [-0.2, 0) is 33.7 Å². The van der Waals surface area contributed by atoms with Gasteiger partial charge in [0.15, 0.2) is 23.0 Å². The number of aryl methyl sites for hydroxylation is 2. The van der Waals surface area contributed by atoms with E-state index in [1.807, 2.05) is 40.9 Å². The number of carbonyl (C=O) groups excluding carboxylic acids is 2. The molecule has 4 atom stereocenters. The Labute approximate surface area is 334 Å². The molecule has 6 rings (SSSR count). The van der Waals surface area contributed by atoms with Crippen molar-refractivity contribution >= 4 is 23.7 Å². The summed E-state index contributed by atoms with van der Waals surface area (Å²) in [4.78, 5) is 29.2. The molecule has 14 heteroatoms. The highest BCUT2D eigenvalue weighted by atomic mass is 32.2. The summed E-state index contributed by atoms with van der Waals surface area (Å²) in [6, 6.07) is 4.30. The summed E-state index contributed by atoms with van der Waals surface area (Å²) >= 11 is 1.69. The number of ether oxygens (including phenoxy) is 6. The molecule has 304 valence electrons. The third kappa shape index (κ3) is 7.86. The van der Waals surface area contributed by atoms with Crippen molar-refractivity contribution in [1.82, 2.24) is 20.9 Å². The van der Waals surface area contributed by atoms with Gasteiger partial charge in [0.1, 0.15) is 24.1 Å². The summed E-state index contributed by atoms with van der Waals surface area (Å²) < 4.78 is 36.0. The van der Waals surface area contributed by atoms with Crippen LogP contribution in [0.15, 0.2) is 18.2 Å². The molecule has 3 aliphatic rings. The minimum atomic E-state index is -0.711. The van der Waals surface area contributed by atoms with Crippen LogP contribution in [0.4, 0.5) is 0 Å². The molecule has 3 aromatic rings. The van der Waals surface area contributed by atoms with Crippen LogP contribution >= 0.6 is 11.8 Å². The second-order valence-electron chi connectivity index (χ2n) is 14.6. The minimum absolute atomic E-state index is 0.00737. The van der Waals surface area contributed by atoms with Crippen molar-refractivity contribution in [2.24, 2.45) is 0 Å². The fourth-order valence-corrected chi connectivity index (χ4v) is 9.58. The van der Waals surface area contributed by atoms with Gasteiger partial charge in [0.2, 0.25) is 6.79 Å². The molecule has 3 heterocycles. The summed E-state index contributed by atoms with van der Waals surface area (Å²) in [5.41, 5.74) is 7.71. The lowest BCUT2D eigenvalue weighted by molar-refractivity contribution is -0.149. The molecule has 3 aromatic carbocycles. The molecule has 0 spiro atoms. The lowest BCUT2D eigenvalue weighted by atomic mass is 9.85. The highest BCUT2D eigenvalue weighted by Crippen LogP contribution is 2.51. The first-order valence-electron chi connectivity index (χ1n) is 19.2. The van der Waals surface area contributed by atoms with Crippen molar-refractivity contribution in [1.29, 1.82) is 0 Å². The van der Waals surface area contributed by atoms with Crippen LogP contribution in [0.3, 0.4) is 0 Å².